The summed E-state index contributed by atoms with van der Waals surface area (Å²) >= 11 is 12.3. The van der Waals surface area contributed by atoms with Gasteiger partial charge in [0.2, 0.25) is 0 Å². The molecule has 0 bridgehead atoms. The molecule has 0 spiro atoms. The van der Waals surface area contributed by atoms with Crippen LogP contribution >= 0.6 is 23.2 Å². The average molecular weight is 239 g/mol. The molecule has 3 unspecified atom stereocenters. The van der Waals surface area contributed by atoms with Crippen molar-refractivity contribution in [3.8, 4) is 0 Å². The Kier molecular flexibility index (Phi) is 8.14. The van der Waals surface area contributed by atoms with Crippen molar-refractivity contribution in [1.82, 2.24) is 0 Å². The molecule has 0 fully saturated rings. The summed E-state index contributed by atoms with van der Waals surface area (Å²) in [7, 11) is 0. The molecular formula is C12H24Cl2. The monoisotopic (exact) mass is 238 g/mol. The highest BCUT2D eigenvalue weighted by atomic mass is 35.5. The van der Waals surface area contributed by atoms with Gasteiger partial charge in [0.05, 0.1) is 0 Å². The number of halogens is 2. The molecule has 14 heavy (non-hydrogen) atoms. The van der Waals surface area contributed by atoms with Gasteiger partial charge in [0.25, 0.3) is 0 Å². The standard InChI is InChI=1S/C12H24Cl2/c1-5-10(4)11(8-13)7-12(14)6-9(2)3/h9-12H,5-8H2,1-4H3. The Morgan fingerprint density at radius 1 is 1.07 bits per heavy atom. The minimum Gasteiger partial charge on any atom is -0.126 e. The lowest BCUT2D eigenvalue weighted by molar-refractivity contribution is 0.343. The second kappa shape index (κ2) is 7.82. The van der Waals surface area contributed by atoms with Gasteiger partial charge >= 0.3 is 0 Å². The summed E-state index contributed by atoms with van der Waals surface area (Å²) in [6.45, 7) is 8.92. The van der Waals surface area contributed by atoms with Crippen LogP contribution in [0.4, 0.5) is 0 Å². The lowest BCUT2D eigenvalue weighted by Gasteiger charge is -2.23. The first-order chi connectivity index (χ1) is 6.51. The van der Waals surface area contributed by atoms with Gasteiger partial charge in [-0.1, -0.05) is 34.1 Å². The highest BCUT2D eigenvalue weighted by Gasteiger charge is 2.19. The van der Waals surface area contributed by atoms with Gasteiger partial charge in [-0.3, -0.25) is 0 Å². The third-order valence-electron chi connectivity index (χ3n) is 2.93. The van der Waals surface area contributed by atoms with Crippen LogP contribution in [-0.4, -0.2) is 11.3 Å². The van der Waals surface area contributed by atoms with E-state index in [4.69, 9.17) is 23.2 Å². The van der Waals surface area contributed by atoms with Crippen molar-refractivity contribution in [1.29, 1.82) is 0 Å². The van der Waals surface area contributed by atoms with Crippen LogP contribution in [0.1, 0.15) is 47.0 Å². The Balaban J connectivity index is 3.91. The maximum Gasteiger partial charge on any atom is 0.0341 e. The van der Waals surface area contributed by atoms with E-state index in [2.05, 4.69) is 27.7 Å². The molecule has 0 heterocycles. The van der Waals surface area contributed by atoms with Gasteiger partial charge in [0, 0.05) is 11.3 Å². The normalized spacial score (nSPS) is 18.2. The Hall–Kier alpha value is 0.580. The van der Waals surface area contributed by atoms with Gasteiger partial charge in [-0.05, 0) is 30.6 Å². The molecule has 0 aliphatic rings. The van der Waals surface area contributed by atoms with Gasteiger partial charge in [0.15, 0.2) is 0 Å². The largest absolute Gasteiger partial charge is 0.126 e. The molecule has 0 saturated carbocycles. The Bertz CT molecular complexity index is 134. The fraction of sp³-hybridized carbons (Fsp3) is 1.00. The summed E-state index contributed by atoms with van der Waals surface area (Å²) in [6, 6.07) is 0. The topological polar surface area (TPSA) is 0 Å². The molecule has 0 saturated heterocycles. The summed E-state index contributed by atoms with van der Waals surface area (Å²) in [5, 5.41) is 0.299. The van der Waals surface area contributed by atoms with E-state index in [9.17, 15) is 0 Å². The van der Waals surface area contributed by atoms with Crippen molar-refractivity contribution < 1.29 is 0 Å². The molecule has 0 amide bonds. The quantitative estimate of drug-likeness (QED) is 0.552. The zero-order valence-electron chi connectivity index (χ0n) is 9.89. The SMILES string of the molecule is CCC(C)C(CCl)CC(Cl)CC(C)C. The van der Waals surface area contributed by atoms with E-state index in [1.165, 1.54) is 6.42 Å². The van der Waals surface area contributed by atoms with E-state index in [-0.39, 0.29) is 0 Å². The first kappa shape index (κ1) is 14.6. The highest BCUT2D eigenvalue weighted by Crippen LogP contribution is 2.26. The van der Waals surface area contributed by atoms with E-state index in [1.54, 1.807) is 0 Å². The summed E-state index contributed by atoms with van der Waals surface area (Å²) in [5.74, 6) is 2.71. The second-order valence-corrected chi connectivity index (χ2v) is 5.69. The molecule has 0 aliphatic heterocycles. The summed E-state index contributed by atoms with van der Waals surface area (Å²) in [6.07, 6.45) is 3.37. The third kappa shape index (κ3) is 6.14. The number of hydrogen-bond acceptors (Lipinski definition) is 0. The van der Waals surface area contributed by atoms with Gasteiger partial charge in [-0.2, -0.15) is 0 Å². The van der Waals surface area contributed by atoms with Crippen molar-refractivity contribution >= 4 is 23.2 Å². The molecule has 3 atom stereocenters. The second-order valence-electron chi connectivity index (χ2n) is 4.76. The van der Waals surface area contributed by atoms with Gasteiger partial charge in [-0.25, -0.2) is 0 Å². The zero-order valence-corrected chi connectivity index (χ0v) is 11.4. The molecular weight excluding hydrogens is 215 g/mol. The van der Waals surface area contributed by atoms with E-state index < -0.39 is 0 Å². The molecule has 0 radical (unpaired) electrons. The fourth-order valence-electron chi connectivity index (χ4n) is 1.72. The summed E-state index contributed by atoms with van der Waals surface area (Å²) in [4.78, 5) is 0. The Morgan fingerprint density at radius 2 is 1.64 bits per heavy atom. The van der Waals surface area contributed by atoms with Crippen LogP contribution < -0.4 is 0 Å². The lowest BCUT2D eigenvalue weighted by atomic mass is 9.88. The van der Waals surface area contributed by atoms with Crippen LogP contribution in [0.2, 0.25) is 0 Å². The molecule has 2 heteroatoms. The highest BCUT2D eigenvalue weighted by molar-refractivity contribution is 6.20. The van der Waals surface area contributed by atoms with Crippen molar-refractivity contribution in [3.05, 3.63) is 0 Å². The van der Waals surface area contributed by atoms with Crippen molar-refractivity contribution in [3.63, 3.8) is 0 Å². The molecule has 0 rings (SSSR count). The van der Waals surface area contributed by atoms with Crippen LogP contribution in [0.5, 0.6) is 0 Å². The first-order valence-corrected chi connectivity index (χ1v) is 6.68. The van der Waals surface area contributed by atoms with E-state index in [1.807, 2.05) is 0 Å². The average Bonchev–Trinajstić information content (AvgIpc) is 2.11. The molecule has 0 N–H and O–H groups in total. The maximum absolute atomic E-state index is 6.29. The van der Waals surface area contributed by atoms with Crippen molar-refractivity contribution in [2.45, 2.75) is 52.3 Å². The van der Waals surface area contributed by atoms with Crippen LogP contribution in [0, 0.1) is 17.8 Å². The predicted octanol–water partition coefficient (Wildman–Crippen LogP) is 4.93. The number of hydrogen-bond donors (Lipinski definition) is 0. The van der Waals surface area contributed by atoms with Crippen LogP contribution in [0.15, 0.2) is 0 Å². The molecule has 0 aromatic carbocycles. The summed E-state index contributed by atoms with van der Waals surface area (Å²) < 4.78 is 0. The third-order valence-corrected chi connectivity index (χ3v) is 3.69. The number of rotatable bonds is 7. The van der Waals surface area contributed by atoms with Gasteiger partial charge in [-0.15, -0.1) is 23.2 Å². The van der Waals surface area contributed by atoms with Crippen molar-refractivity contribution in [2.75, 3.05) is 5.88 Å². The zero-order chi connectivity index (χ0) is 11.1. The summed E-state index contributed by atoms with van der Waals surface area (Å²) in [5.41, 5.74) is 0. The molecule has 86 valence electrons. The van der Waals surface area contributed by atoms with Crippen LogP contribution in [0.25, 0.3) is 0 Å². The molecule has 0 aromatic heterocycles. The first-order valence-electron chi connectivity index (χ1n) is 5.71. The van der Waals surface area contributed by atoms with Gasteiger partial charge < -0.3 is 0 Å². The number of alkyl halides is 2. The predicted molar refractivity (Wildman–Crippen MR) is 67.4 cm³/mol. The lowest BCUT2D eigenvalue weighted by Crippen LogP contribution is -2.18. The van der Waals surface area contributed by atoms with E-state index in [0.29, 0.717) is 23.1 Å². The van der Waals surface area contributed by atoms with E-state index >= 15 is 0 Å². The van der Waals surface area contributed by atoms with Crippen LogP contribution in [0.3, 0.4) is 0 Å². The van der Waals surface area contributed by atoms with Crippen molar-refractivity contribution in [2.24, 2.45) is 17.8 Å². The van der Waals surface area contributed by atoms with Crippen LogP contribution in [-0.2, 0) is 0 Å². The Morgan fingerprint density at radius 3 is 2.00 bits per heavy atom. The molecule has 0 aromatic rings. The Labute approximate surface area is 99.4 Å². The maximum atomic E-state index is 6.29. The minimum absolute atomic E-state index is 0.299. The molecule has 0 nitrogen and oxygen atoms in total. The van der Waals surface area contributed by atoms with Gasteiger partial charge in [0.1, 0.15) is 0 Å². The van der Waals surface area contributed by atoms with E-state index in [0.717, 1.165) is 18.7 Å². The smallest absolute Gasteiger partial charge is 0.0341 e. The molecule has 0 aliphatic carbocycles. The minimum atomic E-state index is 0.299. The fourth-order valence-corrected chi connectivity index (χ4v) is 2.73.